The summed E-state index contributed by atoms with van der Waals surface area (Å²) in [6.07, 6.45) is 0.668. The minimum absolute atomic E-state index is 0.187. The molecule has 0 fully saturated rings. The first-order chi connectivity index (χ1) is 8.02. The molecule has 1 rings (SSSR count). The van der Waals surface area contributed by atoms with Gasteiger partial charge in [0.2, 0.25) is 0 Å². The van der Waals surface area contributed by atoms with Crippen molar-refractivity contribution < 1.29 is 4.39 Å². The molecule has 0 heterocycles. The highest BCUT2D eigenvalue weighted by molar-refractivity contribution is 9.10. The molecule has 0 aliphatic heterocycles. The molecule has 0 aliphatic carbocycles. The number of thiocarbonyl (C=S) groups is 1. The van der Waals surface area contributed by atoms with Crippen LogP contribution in [-0.4, -0.2) is 23.0 Å². The number of nitrogens with zero attached hydrogens (tertiary/aromatic N) is 1. The third-order valence-corrected chi connectivity index (χ3v) is 3.23. The first-order valence-electron chi connectivity index (χ1n) is 5.47. The fourth-order valence-corrected chi connectivity index (χ4v) is 1.93. The van der Waals surface area contributed by atoms with E-state index in [-0.39, 0.29) is 5.82 Å². The highest BCUT2D eigenvalue weighted by Gasteiger charge is 2.08. The first kappa shape index (κ1) is 14.5. The maximum absolute atomic E-state index is 13.6. The van der Waals surface area contributed by atoms with E-state index in [0.29, 0.717) is 23.5 Å². The predicted molar refractivity (Wildman–Crippen MR) is 76.5 cm³/mol. The van der Waals surface area contributed by atoms with Crippen LogP contribution in [0, 0.1) is 5.82 Å². The summed E-state index contributed by atoms with van der Waals surface area (Å²) in [6, 6.07) is 5.12. The summed E-state index contributed by atoms with van der Waals surface area (Å²) in [7, 11) is 0. The standard InChI is InChI=1S/C12H16BrFN2S/c1-2-16(6-5-12(15)17)8-9-3-4-10(13)7-11(9)14/h3-4,7H,2,5-6,8H2,1H3,(H2,15,17). The van der Waals surface area contributed by atoms with Gasteiger partial charge in [-0.15, -0.1) is 0 Å². The maximum atomic E-state index is 13.6. The van der Waals surface area contributed by atoms with Crippen LogP contribution in [0.25, 0.3) is 0 Å². The predicted octanol–water partition coefficient (Wildman–Crippen LogP) is 3.09. The molecule has 0 aromatic heterocycles. The lowest BCUT2D eigenvalue weighted by Gasteiger charge is -2.20. The molecule has 0 saturated carbocycles. The highest BCUT2D eigenvalue weighted by atomic mass is 79.9. The summed E-state index contributed by atoms with van der Waals surface area (Å²) in [5.74, 6) is -0.187. The van der Waals surface area contributed by atoms with E-state index in [1.54, 1.807) is 6.07 Å². The summed E-state index contributed by atoms with van der Waals surface area (Å²) in [4.78, 5) is 2.62. The van der Waals surface area contributed by atoms with Crippen LogP contribution in [0.3, 0.4) is 0 Å². The lowest BCUT2D eigenvalue weighted by molar-refractivity contribution is 0.284. The Morgan fingerprint density at radius 2 is 2.24 bits per heavy atom. The summed E-state index contributed by atoms with van der Waals surface area (Å²) >= 11 is 8.08. The molecule has 0 amide bonds. The van der Waals surface area contributed by atoms with E-state index in [1.807, 2.05) is 13.0 Å². The molecule has 2 N–H and O–H groups in total. The minimum atomic E-state index is -0.187. The molecule has 5 heteroatoms. The van der Waals surface area contributed by atoms with Crippen LogP contribution < -0.4 is 5.73 Å². The second kappa shape index (κ2) is 7.03. The van der Waals surface area contributed by atoms with E-state index in [2.05, 4.69) is 20.8 Å². The molecule has 0 saturated heterocycles. The fraction of sp³-hybridized carbons (Fsp3) is 0.417. The largest absolute Gasteiger partial charge is 0.393 e. The molecule has 0 spiro atoms. The zero-order chi connectivity index (χ0) is 12.8. The zero-order valence-corrected chi connectivity index (χ0v) is 12.2. The van der Waals surface area contributed by atoms with Crippen LogP contribution in [0.4, 0.5) is 4.39 Å². The summed E-state index contributed by atoms with van der Waals surface area (Å²) in [5, 5.41) is 0. The summed E-state index contributed by atoms with van der Waals surface area (Å²) < 4.78 is 14.4. The Bertz CT molecular complexity index is 398. The van der Waals surface area contributed by atoms with Crippen LogP contribution in [0.15, 0.2) is 22.7 Å². The Hall–Kier alpha value is -0.520. The molecular formula is C12H16BrFN2S. The quantitative estimate of drug-likeness (QED) is 0.817. The average Bonchev–Trinajstić information content (AvgIpc) is 2.26. The Balaban J connectivity index is 2.63. The van der Waals surface area contributed by atoms with E-state index in [4.69, 9.17) is 18.0 Å². The van der Waals surface area contributed by atoms with Gasteiger partial charge in [0.25, 0.3) is 0 Å². The van der Waals surface area contributed by atoms with Crippen LogP contribution >= 0.6 is 28.1 Å². The van der Waals surface area contributed by atoms with Crippen molar-refractivity contribution in [2.75, 3.05) is 13.1 Å². The topological polar surface area (TPSA) is 29.3 Å². The molecule has 0 atom stereocenters. The molecular weight excluding hydrogens is 303 g/mol. The van der Waals surface area contributed by atoms with Crippen molar-refractivity contribution in [2.24, 2.45) is 5.73 Å². The second-order valence-corrected chi connectivity index (χ2v) is 5.26. The second-order valence-electron chi connectivity index (χ2n) is 3.82. The van der Waals surface area contributed by atoms with Crippen molar-refractivity contribution in [2.45, 2.75) is 19.9 Å². The number of benzene rings is 1. The van der Waals surface area contributed by atoms with Gasteiger partial charge in [-0.25, -0.2) is 4.39 Å². The first-order valence-corrected chi connectivity index (χ1v) is 6.67. The van der Waals surface area contributed by atoms with Crippen LogP contribution in [-0.2, 0) is 6.54 Å². The van der Waals surface area contributed by atoms with Gasteiger partial charge in [-0.3, -0.25) is 4.90 Å². The lowest BCUT2D eigenvalue weighted by Crippen LogP contribution is -2.27. The number of rotatable bonds is 6. The van der Waals surface area contributed by atoms with E-state index >= 15 is 0 Å². The number of hydrogen-bond donors (Lipinski definition) is 1. The third kappa shape index (κ3) is 5.10. The van der Waals surface area contributed by atoms with Gasteiger partial charge in [0, 0.05) is 29.5 Å². The molecule has 0 radical (unpaired) electrons. The van der Waals surface area contributed by atoms with Crippen LogP contribution in [0.1, 0.15) is 18.9 Å². The Kier molecular flexibility index (Phi) is 6.02. The van der Waals surface area contributed by atoms with E-state index in [9.17, 15) is 4.39 Å². The molecule has 1 aromatic rings. The minimum Gasteiger partial charge on any atom is -0.393 e. The van der Waals surface area contributed by atoms with Gasteiger partial charge < -0.3 is 5.73 Å². The van der Waals surface area contributed by atoms with Gasteiger partial charge >= 0.3 is 0 Å². The highest BCUT2D eigenvalue weighted by Crippen LogP contribution is 2.16. The van der Waals surface area contributed by atoms with E-state index in [1.165, 1.54) is 6.07 Å². The molecule has 0 unspecified atom stereocenters. The zero-order valence-electron chi connectivity index (χ0n) is 9.75. The summed E-state index contributed by atoms with van der Waals surface area (Å²) in [5.41, 5.74) is 6.16. The van der Waals surface area contributed by atoms with Crippen LogP contribution in [0.2, 0.25) is 0 Å². The maximum Gasteiger partial charge on any atom is 0.128 e. The molecule has 0 aliphatic rings. The number of halogens is 2. The smallest absolute Gasteiger partial charge is 0.128 e. The number of hydrogen-bond acceptors (Lipinski definition) is 2. The SMILES string of the molecule is CCN(CCC(N)=S)Cc1ccc(Br)cc1F. The van der Waals surface area contributed by atoms with Crippen molar-refractivity contribution in [1.82, 2.24) is 4.90 Å². The molecule has 94 valence electrons. The molecule has 2 nitrogen and oxygen atoms in total. The van der Waals surface area contributed by atoms with Gasteiger partial charge in [-0.1, -0.05) is 41.1 Å². The molecule has 17 heavy (non-hydrogen) atoms. The Morgan fingerprint density at radius 1 is 1.53 bits per heavy atom. The third-order valence-electron chi connectivity index (χ3n) is 2.53. The Morgan fingerprint density at radius 3 is 2.76 bits per heavy atom. The summed E-state index contributed by atoms with van der Waals surface area (Å²) in [6.45, 7) is 4.23. The molecule has 0 bridgehead atoms. The van der Waals surface area contributed by atoms with E-state index < -0.39 is 0 Å². The fourth-order valence-electron chi connectivity index (χ4n) is 1.51. The van der Waals surface area contributed by atoms with E-state index in [0.717, 1.165) is 17.6 Å². The monoisotopic (exact) mass is 318 g/mol. The normalized spacial score (nSPS) is 10.8. The average molecular weight is 319 g/mol. The van der Waals surface area contributed by atoms with Crippen LogP contribution in [0.5, 0.6) is 0 Å². The van der Waals surface area contributed by atoms with Crippen molar-refractivity contribution >= 4 is 33.1 Å². The number of nitrogens with two attached hydrogens (primary N) is 1. The lowest BCUT2D eigenvalue weighted by atomic mass is 10.2. The van der Waals surface area contributed by atoms with Crippen molar-refractivity contribution in [3.63, 3.8) is 0 Å². The van der Waals surface area contributed by atoms with Gasteiger partial charge in [0.15, 0.2) is 0 Å². The molecule has 1 aromatic carbocycles. The van der Waals surface area contributed by atoms with Gasteiger partial charge in [0.1, 0.15) is 5.82 Å². The van der Waals surface area contributed by atoms with Gasteiger partial charge in [-0.2, -0.15) is 0 Å². The van der Waals surface area contributed by atoms with Crippen molar-refractivity contribution in [3.8, 4) is 0 Å². The Labute approximate surface area is 115 Å². The van der Waals surface area contributed by atoms with Gasteiger partial charge in [0.05, 0.1) is 4.99 Å². The van der Waals surface area contributed by atoms with Gasteiger partial charge in [-0.05, 0) is 18.7 Å². The van der Waals surface area contributed by atoms with Crippen molar-refractivity contribution in [3.05, 3.63) is 34.1 Å². The van der Waals surface area contributed by atoms with Crippen molar-refractivity contribution in [1.29, 1.82) is 0 Å².